The van der Waals surface area contributed by atoms with Gasteiger partial charge in [0.15, 0.2) is 0 Å². The van der Waals surface area contributed by atoms with Crippen LogP contribution in [-0.2, 0) is 11.3 Å². The Morgan fingerprint density at radius 2 is 2.00 bits per heavy atom. The molecule has 3 amide bonds. The van der Waals surface area contributed by atoms with E-state index in [0.717, 1.165) is 0 Å². The van der Waals surface area contributed by atoms with Gasteiger partial charge in [-0.2, -0.15) is 5.10 Å². The predicted octanol–water partition coefficient (Wildman–Crippen LogP) is 1.88. The van der Waals surface area contributed by atoms with E-state index in [1.807, 2.05) is 0 Å². The molecule has 0 radical (unpaired) electrons. The smallest absolute Gasteiger partial charge is 0.315 e. The second-order valence-corrected chi connectivity index (χ2v) is 4.84. The van der Waals surface area contributed by atoms with Gasteiger partial charge in [0, 0.05) is 10.6 Å². The Kier molecular flexibility index (Phi) is 6.19. The largest absolute Gasteiger partial charge is 0.467 e. The average Bonchev–Trinajstić information content (AvgIpc) is 3.06. The molecule has 0 saturated heterocycles. The Hall–Kier alpha value is -2.80. The van der Waals surface area contributed by atoms with Gasteiger partial charge in [-0.3, -0.25) is 4.79 Å². The average molecular weight is 335 g/mol. The summed E-state index contributed by atoms with van der Waals surface area (Å²) in [5.41, 5.74) is 2.97. The molecule has 2 aromatic rings. The molecule has 23 heavy (non-hydrogen) atoms. The number of halogens is 1. The zero-order valence-corrected chi connectivity index (χ0v) is 12.8. The summed E-state index contributed by atoms with van der Waals surface area (Å²) in [5.74, 6) is 0.162. The lowest BCUT2D eigenvalue weighted by molar-refractivity contribution is -0.120. The van der Waals surface area contributed by atoms with Crippen LogP contribution in [0.25, 0.3) is 0 Å². The fraction of sp³-hybridized carbons (Fsp3) is 0.133. The summed E-state index contributed by atoms with van der Waals surface area (Å²) < 4.78 is 5.06. The number of benzene rings is 1. The number of nitrogens with one attached hydrogen (secondary N) is 3. The minimum atomic E-state index is -0.480. The molecule has 2 rings (SSSR count). The molecule has 3 N–H and O–H groups in total. The van der Waals surface area contributed by atoms with Gasteiger partial charge in [0.25, 0.3) is 5.91 Å². The van der Waals surface area contributed by atoms with E-state index >= 15 is 0 Å². The molecule has 1 heterocycles. The number of hydrogen-bond donors (Lipinski definition) is 3. The molecule has 0 aliphatic heterocycles. The Morgan fingerprint density at radius 3 is 2.74 bits per heavy atom. The van der Waals surface area contributed by atoms with Crippen molar-refractivity contribution in [1.82, 2.24) is 16.1 Å². The molecule has 0 aliphatic carbocycles. The normalized spacial score (nSPS) is 10.5. The van der Waals surface area contributed by atoms with Crippen molar-refractivity contribution >= 4 is 29.8 Å². The molecule has 8 heteroatoms. The van der Waals surface area contributed by atoms with Crippen LogP contribution in [0.4, 0.5) is 4.79 Å². The summed E-state index contributed by atoms with van der Waals surface area (Å²) >= 11 is 5.94. The quantitative estimate of drug-likeness (QED) is 0.556. The Labute approximate surface area is 137 Å². The number of nitrogens with zero attached hydrogens (tertiary/aromatic N) is 1. The van der Waals surface area contributed by atoms with Crippen LogP contribution in [0.2, 0.25) is 5.02 Å². The molecule has 0 atom stereocenters. The highest BCUT2D eigenvalue weighted by atomic mass is 35.5. The molecule has 0 unspecified atom stereocenters. The number of hydrogen-bond acceptors (Lipinski definition) is 4. The molecule has 120 valence electrons. The van der Waals surface area contributed by atoms with Gasteiger partial charge < -0.3 is 15.1 Å². The van der Waals surface area contributed by atoms with Crippen LogP contribution in [-0.4, -0.2) is 24.7 Å². The first-order valence-electron chi connectivity index (χ1n) is 6.75. The monoisotopic (exact) mass is 334 g/mol. The molecular weight excluding hydrogens is 320 g/mol. The van der Waals surface area contributed by atoms with Crippen LogP contribution in [0.5, 0.6) is 0 Å². The topological polar surface area (TPSA) is 95.7 Å². The van der Waals surface area contributed by atoms with Gasteiger partial charge in [-0.1, -0.05) is 29.8 Å². The second-order valence-electron chi connectivity index (χ2n) is 4.43. The van der Waals surface area contributed by atoms with Crippen molar-refractivity contribution in [3.05, 3.63) is 59.0 Å². The maximum Gasteiger partial charge on any atom is 0.315 e. The minimum absolute atomic E-state index is 0.205. The lowest BCUT2D eigenvalue weighted by atomic mass is 10.2. The van der Waals surface area contributed by atoms with E-state index in [9.17, 15) is 9.59 Å². The molecule has 0 fully saturated rings. The molecule has 7 nitrogen and oxygen atoms in total. The zero-order valence-electron chi connectivity index (χ0n) is 12.1. The SMILES string of the molecule is O=C(CNC(=O)NCc1ccco1)N/N=C\c1ccccc1Cl. The first-order valence-corrected chi connectivity index (χ1v) is 7.13. The van der Waals surface area contributed by atoms with Gasteiger partial charge in [-0.05, 0) is 18.2 Å². The van der Waals surface area contributed by atoms with Gasteiger partial charge in [-0.25, -0.2) is 10.2 Å². The first-order chi connectivity index (χ1) is 11.1. The first kappa shape index (κ1) is 16.6. The lowest BCUT2D eigenvalue weighted by Gasteiger charge is -2.05. The number of rotatable bonds is 6. The fourth-order valence-electron chi connectivity index (χ4n) is 1.60. The number of carbonyl (C=O) groups excluding carboxylic acids is 2. The maximum atomic E-state index is 11.5. The van der Waals surface area contributed by atoms with E-state index in [4.69, 9.17) is 16.0 Å². The summed E-state index contributed by atoms with van der Waals surface area (Å²) in [5, 5.41) is 9.25. The van der Waals surface area contributed by atoms with Crippen molar-refractivity contribution in [2.24, 2.45) is 5.10 Å². The van der Waals surface area contributed by atoms with Crippen molar-refractivity contribution in [2.75, 3.05) is 6.54 Å². The highest BCUT2D eigenvalue weighted by Gasteiger charge is 2.05. The molecule has 0 spiro atoms. The van der Waals surface area contributed by atoms with E-state index in [0.29, 0.717) is 16.3 Å². The molecule has 0 saturated carbocycles. The highest BCUT2D eigenvalue weighted by molar-refractivity contribution is 6.33. The Bertz CT molecular complexity index is 686. The molecular formula is C15H15ClN4O3. The Morgan fingerprint density at radius 1 is 1.17 bits per heavy atom. The number of carbonyl (C=O) groups is 2. The van der Waals surface area contributed by atoms with Crippen LogP contribution < -0.4 is 16.1 Å². The van der Waals surface area contributed by atoms with E-state index in [2.05, 4.69) is 21.2 Å². The van der Waals surface area contributed by atoms with Gasteiger partial charge in [0.1, 0.15) is 12.3 Å². The van der Waals surface area contributed by atoms with Gasteiger partial charge in [-0.15, -0.1) is 0 Å². The van der Waals surface area contributed by atoms with E-state index in [1.165, 1.54) is 12.5 Å². The number of amides is 3. The van der Waals surface area contributed by atoms with Crippen LogP contribution in [0.3, 0.4) is 0 Å². The molecule has 0 bridgehead atoms. The summed E-state index contributed by atoms with van der Waals surface area (Å²) in [7, 11) is 0. The fourth-order valence-corrected chi connectivity index (χ4v) is 1.78. The summed E-state index contributed by atoms with van der Waals surface area (Å²) in [6.07, 6.45) is 2.94. The van der Waals surface area contributed by atoms with Crippen LogP contribution >= 0.6 is 11.6 Å². The standard InChI is InChI=1S/C15H15ClN4O3/c16-13-6-2-1-4-11(13)8-19-20-14(21)10-18-15(22)17-9-12-5-3-7-23-12/h1-8H,9-10H2,(H,20,21)(H2,17,18,22)/b19-8-. The summed E-state index contributed by atoms with van der Waals surface area (Å²) in [6, 6.07) is 10.1. The van der Waals surface area contributed by atoms with Crippen molar-refractivity contribution in [3.8, 4) is 0 Å². The van der Waals surface area contributed by atoms with Crippen molar-refractivity contribution in [3.63, 3.8) is 0 Å². The number of hydrazone groups is 1. The molecule has 0 aliphatic rings. The van der Waals surface area contributed by atoms with E-state index in [-0.39, 0.29) is 13.1 Å². The molecule has 1 aromatic heterocycles. The van der Waals surface area contributed by atoms with Crippen molar-refractivity contribution in [2.45, 2.75) is 6.54 Å². The van der Waals surface area contributed by atoms with E-state index < -0.39 is 11.9 Å². The van der Waals surface area contributed by atoms with Gasteiger partial charge in [0.05, 0.1) is 19.0 Å². The maximum absolute atomic E-state index is 11.5. The summed E-state index contributed by atoms with van der Waals surface area (Å²) in [6.45, 7) is 0.0367. The third-order valence-electron chi connectivity index (χ3n) is 2.71. The number of urea groups is 1. The lowest BCUT2D eigenvalue weighted by Crippen LogP contribution is -2.40. The minimum Gasteiger partial charge on any atom is -0.467 e. The summed E-state index contributed by atoms with van der Waals surface area (Å²) in [4.78, 5) is 23.0. The van der Waals surface area contributed by atoms with Crippen LogP contribution in [0.1, 0.15) is 11.3 Å². The Balaban J connectivity index is 1.66. The van der Waals surface area contributed by atoms with Crippen LogP contribution in [0, 0.1) is 0 Å². The van der Waals surface area contributed by atoms with Crippen molar-refractivity contribution < 1.29 is 14.0 Å². The third kappa shape index (κ3) is 5.84. The predicted molar refractivity (Wildman–Crippen MR) is 86.1 cm³/mol. The van der Waals surface area contributed by atoms with Gasteiger partial charge in [0.2, 0.25) is 0 Å². The molecule has 1 aromatic carbocycles. The third-order valence-corrected chi connectivity index (χ3v) is 3.06. The van der Waals surface area contributed by atoms with E-state index in [1.54, 1.807) is 36.4 Å². The second kappa shape index (κ2) is 8.60. The zero-order chi connectivity index (χ0) is 16.5. The van der Waals surface area contributed by atoms with Crippen LogP contribution in [0.15, 0.2) is 52.2 Å². The van der Waals surface area contributed by atoms with Crippen molar-refractivity contribution in [1.29, 1.82) is 0 Å². The highest BCUT2D eigenvalue weighted by Crippen LogP contribution is 2.11. The number of furan rings is 1. The van der Waals surface area contributed by atoms with Gasteiger partial charge >= 0.3 is 6.03 Å².